The van der Waals surface area contributed by atoms with Gasteiger partial charge in [-0.2, -0.15) is 0 Å². The smallest absolute Gasteiger partial charge is 0.312 e. The van der Waals surface area contributed by atoms with E-state index >= 15 is 0 Å². The van der Waals surface area contributed by atoms with Crippen LogP contribution in [0.2, 0.25) is 5.02 Å². The van der Waals surface area contributed by atoms with Gasteiger partial charge in [0.2, 0.25) is 0 Å². The number of carboxylic acid groups (broad SMARTS) is 1. The van der Waals surface area contributed by atoms with E-state index in [-0.39, 0.29) is 5.02 Å². The Balaban J connectivity index is 1.91. The minimum atomic E-state index is -0.832. The zero-order valence-electron chi connectivity index (χ0n) is 11.1. The fourth-order valence-corrected chi connectivity index (χ4v) is 4.02. The zero-order chi connectivity index (χ0) is 15.0. The quantitative estimate of drug-likeness (QED) is 0.926. The first kappa shape index (κ1) is 14.5. The van der Waals surface area contributed by atoms with Crippen molar-refractivity contribution >= 4 is 28.9 Å². The van der Waals surface area contributed by atoms with Crippen molar-refractivity contribution in [2.75, 3.05) is 0 Å². The lowest BCUT2D eigenvalue weighted by atomic mass is 9.91. The minimum absolute atomic E-state index is 0.0947. The van der Waals surface area contributed by atoms with Crippen LogP contribution in [0, 0.1) is 5.82 Å². The Morgan fingerprint density at radius 1 is 1.52 bits per heavy atom. The number of carbonyl (C=O) groups is 1. The number of aryl methyl sites for hydroxylation is 1. The molecule has 1 unspecified atom stereocenters. The average molecular weight is 326 g/mol. The molecule has 0 aliphatic heterocycles. The first-order valence-corrected chi connectivity index (χ1v) is 7.90. The highest BCUT2D eigenvalue weighted by molar-refractivity contribution is 7.11. The van der Waals surface area contributed by atoms with Crippen molar-refractivity contribution < 1.29 is 14.3 Å². The number of hydrogen-bond acceptors (Lipinski definition) is 3. The molecule has 6 heteroatoms. The lowest BCUT2D eigenvalue weighted by Crippen LogP contribution is -2.17. The molecule has 110 valence electrons. The predicted molar refractivity (Wildman–Crippen MR) is 79.6 cm³/mol. The maximum absolute atomic E-state index is 13.9. The van der Waals surface area contributed by atoms with Crippen molar-refractivity contribution in [3.05, 3.63) is 50.2 Å². The summed E-state index contributed by atoms with van der Waals surface area (Å²) in [5.74, 6) is -1.79. The fraction of sp³-hybridized carbons (Fsp3) is 0.333. The van der Waals surface area contributed by atoms with Gasteiger partial charge in [-0.15, -0.1) is 11.3 Å². The summed E-state index contributed by atoms with van der Waals surface area (Å²) in [5.41, 5.74) is 1.15. The molecule has 1 N–H and O–H groups in total. The number of rotatable bonds is 3. The number of aliphatic carboxylic acids is 1. The summed E-state index contributed by atoms with van der Waals surface area (Å²) in [4.78, 5) is 16.7. The van der Waals surface area contributed by atoms with Gasteiger partial charge in [0, 0.05) is 11.3 Å². The van der Waals surface area contributed by atoms with Crippen molar-refractivity contribution in [1.82, 2.24) is 4.98 Å². The number of thiazole rings is 1. The Labute approximate surface area is 130 Å². The summed E-state index contributed by atoms with van der Waals surface area (Å²) in [6, 6.07) is 4.89. The second kappa shape index (κ2) is 5.73. The minimum Gasteiger partial charge on any atom is -0.481 e. The Morgan fingerprint density at radius 3 is 3.10 bits per heavy atom. The third-order valence-electron chi connectivity index (χ3n) is 3.67. The van der Waals surface area contributed by atoms with Gasteiger partial charge in [0.05, 0.1) is 21.6 Å². The van der Waals surface area contributed by atoms with Crippen LogP contribution in [-0.4, -0.2) is 16.1 Å². The number of carboxylic acids is 1. The highest BCUT2D eigenvalue weighted by atomic mass is 35.5. The summed E-state index contributed by atoms with van der Waals surface area (Å²) in [6.07, 6.45) is 2.68. The van der Waals surface area contributed by atoms with Crippen molar-refractivity contribution in [2.24, 2.45) is 0 Å². The number of benzene rings is 1. The highest BCUT2D eigenvalue weighted by Gasteiger charge is 2.30. The third-order valence-corrected chi connectivity index (χ3v) is 5.09. The van der Waals surface area contributed by atoms with Crippen LogP contribution in [0.4, 0.5) is 4.39 Å². The summed E-state index contributed by atoms with van der Waals surface area (Å²) in [7, 11) is 0. The van der Waals surface area contributed by atoms with Crippen molar-refractivity contribution in [1.29, 1.82) is 0 Å². The second-order valence-corrected chi connectivity index (χ2v) is 6.66. The van der Waals surface area contributed by atoms with Crippen LogP contribution >= 0.6 is 22.9 Å². The molecule has 0 bridgehead atoms. The molecule has 1 heterocycles. The summed E-state index contributed by atoms with van der Waals surface area (Å²) in [6.45, 7) is 0. The van der Waals surface area contributed by atoms with Gasteiger partial charge in [0.15, 0.2) is 0 Å². The van der Waals surface area contributed by atoms with E-state index in [0.717, 1.165) is 22.7 Å². The molecule has 0 amide bonds. The Bertz CT molecular complexity index is 701. The average Bonchev–Trinajstić information content (AvgIpc) is 2.85. The van der Waals surface area contributed by atoms with Crippen LogP contribution < -0.4 is 0 Å². The van der Waals surface area contributed by atoms with Crippen molar-refractivity contribution in [3.8, 4) is 0 Å². The predicted octanol–water partition coefficient (Wildman–Crippen LogP) is 4.03. The van der Waals surface area contributed by atoms with E-state index in [1.165, 1.54) is 17.4 Å². The van der Waals surface area contributed by atoms with Crippen molar-refractivity contribution in [2.45, 2.75) is 31.6 Å². The van der Waals surface area contributed by atoms with Gasteiger partial charge in [0.1, 0.15) is 5.82 Å². The number of nitrogens with zero attached hydrogens (tertiary/aromatic N) is 1. The van der Waals surface area contributed by atoms with Crippen LogP contribution in [-0.2, 0) is 17.6 Å². The van der Waals surface area contributed by atoms with Crippen LogP contribution in [0.1, 0.15) is 39.9 Å². The van der Waals surface area contributed by atoms with Crippen LogP contribution in [0.25, 0.3) is 0 Å². The summed E-state index contributed by atoms with van der Waals surface area (Å²) < 4.78 is 13.9. The van der Waals surface area contributed by atoms with E-state index in [4.69, 9.17) is 11.6 Å². The molecule has 0 spiro atoms. The van der Waals surface area contributed by atoms with Gasteiger partial charge in [0.25, 0.3) is 0 Å². The van der Waals surface area contributed by atoms with Crippen LogP contribution in [0.15, 0.2) is 18.2 Å². The van der Waals surface area contributed by atoms with Gasteiger partial charge in [-0.3, -0.25) is 4.79 Å². The topological polar surface area (TPSA) is 50.2 Å². The fourth-order valence-electron chi connectivity index (χ4n) is 2.63. The molecular formula is C15H13ClFNO2S. The molecule has 1 aliphatic rings. The molecular weight excluding hydrogens is 313 g/mol. The van der Waals surface area contributed by atoms with E-state index in [2.05, 4.69) is 4.98 Å². The molecule has 21 heavy (non-hydrogen) atoms. The Morgan fingerprint density at radius 2 is 2.33 bits per heavy atom. The molecule has 0 saturated carbocycles. The van der Waals surface area contributed by atoms with E-state index in [1.54, 1.807) is 12.1 Å². The number of aromatic nitrogens is 1. The van der Waals surface area contributed by atoms with E-state index in [9.17, 15) is 14.3 Å². The molecule has 1 atom stereocenters. The van der Waals surface area contributed by atoms with Gasteiger partial charge in [-0.25, -0.2) is 9.37 Å². The normalized spacial score (nSPS) is 17.5. The van der Waals surface area contributed by atoms with Gasteiger partial charge < -0.3 is 5.11 Å². The van der Waals surface area contributed by atoms with Crippen LogP contribution in [0.3, 0.4) is 0 Å². The highest BCUT2D eigenvalue weighted by Crippen LogP contribution is 2.35. The number of hydrogen-bond donors (Lipinski definition) is 1. The number of fused-ring (bicyclic) bond motifs is 1. The van der Waals surface area contributed by atoms with Gasteiger partial charge in [-0.05, 0) is 30.9 Å². The molecule has 0 radical (unpaired) electrons. The van der Waals surface area contributed by atoms with Crippen LogP contribution in [0.5, 0.6) is 0 Å². The lowest BCUT2D eigenvalue weighted by molar-refractivity contribution is -0.139. The zero-order valence-corrected chi connectivity index (χ0v) is 12.7. The third kappa shape index (κ3) is 2.80. The standard InChI is InChI=1S/C15H13ClFNO2S/c16-10-5-1-3-8(13(10)17)7-12-18-14-9(15(19)20)4-2-6-11(14)21-12/h1,3,5,9H,2,4,6-7H2,(H,19,20). The Hall–Kier alpha value is -1.46. The lowest BCUT2D eigenvalue weighted by Gasteiger charge is -2.16. The molecule has 0 fully saturated rings. The molecule has 2 aromatic rings. The summed E-state index contributed by atoms with van der Waals surface area (Å²) >= 11 is 7.26. The Kier molecular flexibility index (Phi) is 3.95. The molecule has 3 rings (SSSR count). The second-order valence-electron chi connectivity index (χ2n) is 5.09. The molecule has 1 aromatic carbocycles. The first-order valence-electron chi connectivity index (χ1n) is 6.70. The summed E-state index contributed by atoms with van der Waals surface area (Å²) in [5, 5.41) is 10.1. The van der Waals surface area contributed by atoms with E-state index in [1.807, 2.05) is 0 Å². The maximum atomic E-state index is 13.9. The number of halogens is 2. The van der Waals surface area contributed by atoms with Crippen molar-refractivity contribution in [3.63, 3.8) is 0 Å². The molecule has 0 saturated heterocycles. The SMILES string of the molecule is O=C(O)C1CCCc2sc(Cc3cccc(Cl)c3F)nc21. The largest absolute Gasteiger partial charge is 0.481 e. The molecule has 1 aliphatic carbocycles. The van der Waals surface area contributed by atoms with Gasteiger partial charge in [-0.1, -0.05) is 23.7 Å². The molecule has 3 nitrogen and oxygen atoms in total. The van der Waals surface area contributed by atoms with Gasteiger partial charge >= 0.3 is 5.97 Å². The molecule has 1 aromatic heterocycles. The monoisotopic (exact) mass is 325 g/mol. The van der Waals surface area contributed by atoms with E-state index in [0.29, 0.717) is 24.1 Å². The van der Waals surface area contributed by atoms with E-state index < -0.39 is 17.7 Å². The first-order chi connectivity index (χ1) is 10.1. The maximum Gasteiger partial charge on any atom is 0.312 e.